The molecule has 0 spiro atoms. The molecule has 0 radical (unpaired) electrons. The van der Waals surface area contributed by atoms with E-state index >= 15 is 0 Å². The molecule has 2 aliphatic rings. The first kappa shape index (κ1) is 12.9. The van der Waals surface area contributed by atoms with E-state index in [1.54, 1.807) is 0 Å². The molecule has 0 saturated carbocycles. The third kappa shape index (κ3) is 3.68. The molecule has 0 aromatic carbocycles. The van der Waals surface area contributed by atoms with Gasteiger partial charge in [0.1, 0.15) is 0 Å². The molecule has 2 unspecified atom stereocenters. The maximum absolute atomic E-state index is 5.52. The zero-order chi connectivity index (χ0) is 11.8. The van der Waals surface area contributed by atoms with Crippen molar-refractivity contribution in [3.8, 4) is 0 Å². The van der Waals surface area contributed by atoms with E-state index in [9.17, 15) is 0 Å². The molecule has 17 heavy (non-hydrogen) atoms. The van der Waals surface area contributed by atoms with Gasteiger partial charge in [0.25, 0.3) is 0 Å². The zero-order valence-electron chi connectivity index (χ0n) is 9.18. The summed E-state index contributed by atoms with van der Waals surface area (Å²) < 4.78 is 1.40. The molecule has 3 heterocycles. The van der Waals surface area contributed by atoms with Gasteiger partial charge in [-0.1, -0.05) is 0 Å². The van der Waals surface area contributed by atoms with Gasteiger partial charge in [-0.25, -0.2) is 0 Å². The monoisotopic (exact) mass is 364 g/mol. The summed E-state index contributed by atoms with van der Waals surface area (Å²) in [5.74, 6) is 2.60. The van der Waals surface area contributed by atoms with Crippen molar-refractivity contribution in [1.82, 2.24) is 0 Å². The van der Waals surface area contributed by atoms with Gasteiger partial charge in [-0.3, -0.25) is 0 Å². The third-order valence-corrected chi connectivity index (χ3v) is 7.93. The Labute approximate surface area is 127 Å². The Bertz CT molecular complexity index is 416. The molecule has 0 aliphatic carbocycles. The van der Waals surface area contributed by atoms with E-state index in [-0.39, 0.29) is 0 Å². The van der Waals surface area contributed by atoms with Gasteiger partial charge in [-0.05, 0) is 0 Å². The zero-order valence-corrected chi connectivity index (χ0v) is 14.2. The predicted octanol–water partition coefficient (Wildman–Crippen LogP) is 3.19. The van der Waals surface area contributed by atoms with Crippen molar-refractivity contribution in [1.29, 1.82) is 0 Å². The fourth-order valence-corrected chi connectivity index (χ4v) is 5.75. The summed E-state index contributed by atoms with van der Waals surface area (Å²) in [7, 11) is 0. The molecule has 0 N–H and O–H groups in total. The summed E-state index contributed by atoms with van der Waals surface area (Å²) in [6.45, 7) is 0. The summed E-state index contributed by atoms with van der Waals surface area (Å²) in [6.07, 6.45) is 2.21. The fourth-order valence-electron chi connectivity index (χ4n) is 1.63. The van der Waals surface area contributed by atoms with Gasteiger partial charge in [0, 0.05) is 0 Å². The van der Waals surface area contributed by atoms with Crippen molar-refractivity contribution in [2.24, 2.45) is 0 Å². The van der Waals surface area contributed by atoms with Crippen LogP contribution >= 0.6 is 48.0 Å². The van der Waals surface area contributed by atoms with E-state index in [1.807, 2.05) is 23.5 Å². The molecule has 1 aromatic rings. The average molecular weight is 363 g/mol. The van der Waals surface area contributed by atoms with Gasteiger partial charge in [0.15, 0.2) is 0 Å². The number of rotatable bonds is 6. The first-order valence-electron chi connectivity index (χ1n) is 5.60. The van der Waals surface area contributed by atoms with Crippen LogP contribution in [0.2, 0.25) is 0 Å². The SMILES string of the molecule is S=C(CC1CS1)c1c[se]c(C(=S)CC2CS2)c1. The van der Waals surface area contributed by atoms with Crippen LogP contribution in [0.5, 0.6) is 0 Å². The first-order chi connectivity index (χ1) is 8.22. The predicted molar refractivity (Wildman–Crippen MR) is 88.5 cm³/mol. The van der Waals surface area contributed by atoms with Crippen LogP contribution in [0.25, 0.3) is 0 Å². The average Bonchev–Trinajstić information content (AvgIpc) is 3.22. The summed E-state index contributed by atoms with van der Waals surface area (Å²) in [5, 5.41) is 1.63. The van der Waals surface area contributed by atoms with Gasteiger partial charge in [-0.2, -0.15) is 0 Å². The summed E-state index contributed by atoms with van der Waals surface area (Å²) in [6, 6.07) is 2.27. The van der Waals surface area contributed by atoms with E-state index in [4.69, 9.17) is 24.4 Å². The van der Waals surface area contributed by atoms with Crippen molar-refractivity contribution < 1.29 is 0 Å². The normalized spacial score (nSPS) is 25.6. The van der Waals surface area contributed by atoms with Crippen molar-refractivity contribution >= 4 is 72.2 Å². The maximum atomic E-state index is 5.52. The molecule has 2 fully saturated rings. The Morgan fingerprint density at radius 3 is 2.35 bits per heavy atom. The summed E-state index contributed by atoms with van der Waals surface area (Å²) in [5.41, 5.74) is 1.30. The van der Waals surface area contributed by atoms with Gasteiger partial charge >= 0.3 is 128 Å². The fraction of sp³-hybridized carbons (Fsp3) is 0.500. The molecule has 2 saturated heterocycles. The molecule has 1 aromatic heterocycles. The second-order valence-electron chi connectivity index (χ2n) is 4.36. The van der Waals surface area contributed by atoms with E-state index < -0.39 is 0 Å². The summed E-state index contributed by atoms with van der Waals surface area (Å²) in [4.78, 5) is 4.67. The van der Waals surface area contributed by atoms with Crippen LogP contribution in [0.1, 0.15) is 22.8 Å². The molecule has 90 valence electrons. The molecule has 0 nitrogen and oxygen atoms in total. The second-order valence-corrected chi connectivity index (χ2v) is 9.93. The molecule has 5 heteroatoms. The Kier molecular flexibility index (Phi) is 4.15. The topological polar surface area (TPSA) is 0 Å². The van der Waals surface area contributed by atoms with Crippen molar-refractivity contribution in [3.63, 3.8) is 0 Å². The Morgan fingerprint density at radius 2 is 1.76 bits per heavy atom. The minimum absolute atomic E-state index is 0.437. The van der Waals surface area contributed by atoms with E-state index in [0.717, 1.165) is 28.2 Å². The second kappa shape index (κ2) is 5.48. The molecule has 2 aliphatic heterocycles. The minimum atomic E-state index is 0.437. The standard InChI is InChI=1S/C12H12S4Se/c13-10(2-8-4-15-8)7-1-12(17-6-7)11(14)3-9-5-16-9/h1,6,8-9H,2-5H2. The van der Waals surface area contributed by atoms with Crippen LogP contribution in [0.3, 0.4) is 0 Å². The molecule has 0 bridgehead atoms. The number of thiocarbonyl (C=S) groups is 2. The van der Waals surface area contributed by atoms with Crippen molar-refractivity contribution in [2.75, 3.05) is 11.5 Å². The summed E-state index contributed by atoms with van der Waals surface area (Å²) >= 11 is 15.5. The van der Waals surface area contributed by atoms with Gasteiger partial charge < -0.3 is 0 Å². The molecule has 0 amide bonds. The van der Waals surface area contributed by atoms with Crippen LogP contribution in [-0.2, 0) is 0 Å². The van der Waals surface area contributed by atoms with Crippen molar-refractivity contribution in [3.05, 3.63) is 21.0 Å². The van der Waals surface area contributed by atoms with Gasteiger partial charge in [0.05, 0.1) is 0 Å². The van der Waals surface area contributed by atoms with Crippen LogP contribution in [-0.4, -0.2) is 46.2 Å². The number of thioether (sulfide) groups is 2. The molecular formula is C12H12S4Se. The van der Waals surface area contributed by atoms with E-state index in [1.165, 1.54) is 26.4 Å². The first-order valence-corrected chi connectivity index (χ1v) is 10.4. The Morgan fingerprint density at radius 1 is 1.18 bits per heavy atom. The van der Waals surface area contributed by atoms with Crippen LogP contribution < -0.4 is 0 Å². The molecular weight excluding hydrogens is 351 g/mol. The van der Waals surface area contributed by atoms with Crippen LogP contribution in [0.4, 0.5) is 0 Å². The third-order valence-electron chi connectivity index (χ3n) is 2.83. The van der Waals surface area contributed by atoms with Gasteiger partial charge in [-0.15, -0.1) is 0 Å². The van der Waals surface area contributed by atoms with E-state index in [2.05, 4.69) is 11.0 Å². The molecule has 2 atom stereocenters. The van der Waals surface area contributed by atoms with Gasteiger partial charge in [0.2, 0.25) is 0 Å². The molecule has 3 rings (SSSR count). The van der Waals surface area contributed by atoms with Crippen LogP contribution in [0, 0.1) is 0 Å². The number of hydrogen-bond donors (Lipinski definition) is 0. The Hall–Kier alpha value is 0.879. The van der Waals surface area contributed by atoms with E-state index in [0.29, 0.717) is 14.5 Å². The van der Waals surface area contributed by atoms with Crippen LogP contribution in [0.15, 0.2) is 11.0 Å². The quantitative estimate of drug-likeness (QED) is 0.329. The van der Waals surface area contributed by atoms with Crippen molar-refractivity contribution in [2.45, 2.75) is 23.3 Å². The number of hydrogen-bond acceptors (Lipinski definition) is 4. The Balaban J connectivity index is 1.63.